The van der Waals surface area contributed by atoms with Crippen LogP contribution in [0.5, 0.6) is 0 Å². The summed E-state index contributed by atoms with van der Waals surface area (Å²) in [6, 6.07) is 15.4. The number of nitrogens with zero attached hydrogens (tertiary/aromatic N) is 4. The fraction of sp³-hybridized carbons (Fsp3) is 0. The predicted octanol–water partition coefficient (Wildman–Crippen LogP) is 2.27. The van der Waals surface area contributed by atoms with E-state index in [1.165, 1.54) is 28.0 Å². The van der Waals surface area contributed by atoms with Gasteiger partial charge >= 0.3 is 0 Å². The van der Waals surface area contributed by atoms with Gasteiger partial charge in [0.2, 0.25) is 4.96 Å². The van der Waals surface area contributed by atoms with Gasteiger partial charge in [0, 0.05) is 17.7 Å². The Balaban J connectivity index is 1.76. The van der Waals surface area contributed by atoms with Crippen molar-refractivity contribution in [1.82, 2.24) is 14.6 Å². The number of fused-ring (bicyclic) bond motifs is 1. The van der Waals surface area contributed by atoms with E-state index in [9.17, 15) is 14.9 Å². The highest BCUT2D eigenvalue weighted by atomic mass is 32.1. The molecule has 0 atom stereocenters. The molecule has 0 aliphatic carbocycles. The molecule has 4 aromatic rings. The fourth-order valence-electron chi connectivity index (χ4n) is 2.39. The number of nitro benzene ring substituents is 1. The molecule has 0 fully saturated rings. The highest BCUT2D eigenvalue weighted by Gasteiger charge is 2.11. The van der Waals surface area contributed by atoms with Crippen LogP contribution >= 0.6 is 11.3 Å². The molecule has 0 radical (unpaired) electrons. The Morgan fingerprint density at radius 1 is 1.08 bits per heavy atom. The zero-order valence-electron chi connectivity index (χ0n) is 12.7. The van der Waals surface area contributed by atoms with Gasteiger partial charge in [-0.25, -0.2) is 0 Å². The van der Waals surface area contributed by atoms with Gasteiger partial charge in [-0.1, -0.05) is 41.7 Å². The topological polar surface area (TPSA) is 90.4 Å². The summed E-state index contributed by atoms with van der Waals surface area (Å²) in [5, 5.41) is 15.0. The van der Waals surface area contributed by atoms with Gasteiger partial charge in [-0.2, -0.15) is 9.50 Å². The average molecular weight is 350 g/mol. The molecule has 2 aromatic heterocycles. The summed E-state index contributed by atoms with van der Waals surface area (Å²) >= 11 is 1.23. The van der Waals surface area contributed by atoms with Crippen LogP contribution in [0.3, 0.4) is 0 Å². The molecule has 2 aromatic carbocycles. The maximum absolute atomic E-state index is 12.5. The van der Waals surface area contributed by atoms with Gasteiger partial charge in [0.1, 0.15) is 0 Å². The van der Waals surface area contributed by atoms with Gasteiger partial charge in [0.15, 0.2) is 5.82 Å². The lowest BCUT2D eigenvalue weighted by molar-refractivity contribution is -0.384. The van der Waals surface area contributed by atoms with Gasteiger partial charge in [0.25, 0.3) is 11.2 Å². The van der Waals surface area contributed by atoms with Crippen LogP contribution < -0.4 is 10.1 Å². The summed E-state index contributed by atoms with van der Waals surface area (Å²) in [4.78, 5) is 27.6. The molecule has 0 aliphatic rings. The average Bonchev–Trinajstić information content (AvgIpc) is 3.16. The SMILES string of the molecule is O=c1/c(=C/c2ccc([N+](=O)[O-])cc2)sc2nc(-c3ccccc3)nn12. The molecular formula is C17H10N4O3S. The Morgan fingerprint density at radius 3 is 2.44 bits per heavy atom. The van der Waals surface area contributed by atoms with Crippen LogP contribution in [0.2, 0.25) is 0 Å². The molecule has 0 saturated carbocycles. The normalized spacial score (nSPS) is 11.9. The van der Waals surface area contributed by atoms with Crippen LogP contribution in [0.4, 0.5) is 5.69 Å². The number of benzene rings is 2. The fourth-order valence-corrected chi connectivity index (χ4v) is 3.29. The summed E-state index contributed by atoms with van der Waals surface area (Å²) in [6.07, 6.45) is 1.68. The molecule has 7 nitrogen and oxygen atoms in total. The minimum Gasteiger partial charge on any atom is -0.266 e. The minimum absolute atomic E-state index is 0.00893. The number of thiazole rings is 1. The zero-order chi connectivity index (χ0) is 17.4. The third-order valence-electron chi connectivity index (χ3n) is 3.62. The number of rotatable bonds is 3. The Hall–Kier alpha value is -3.39. The van der Waals surface area contributed by atoms with Gasteiger partial charge in [-0.15, -0.1) is 5.10 Å². The van der Waals surface area contributed by atoms with Gasteiger partial charge < -0.3 is 0 Å². The number of hydrogen-bond donors (Lipinski definition) is 0. The van der Waals surface area contributed by atoms with Crippen LogP contribution in [0.1, 0.15) is 5.56 Å². The van der Waals surface area contributed by atoms with E-state index in [0.717, 1.165) is 5.56 Å². The van der Waals surface area contributed by atoms with E-state index in [4.69, 9.17) is 0 Å². The highest BCUT2D eigenvalue weighted by molar-refractivity contribution is 7.15. The number of non-ortho nitro benzene ring substituents is 1. The van der Waals surface area contributed by atoms with Gasteiger partial charge in [-0.3, -0.25) is 14.9 Å². The molecule has 25 heavy (non-hydrogen) atoms. The number of aromatic nitrogens is 3. The van der Waals surface area contributed by atoms with E-state index in [-0.39, 0.29) is 11.2 Å². The molecule has 0 aliphatic heterocycles. The molecule has 122 valence electrons. The summed E-state index contributed by atoms with van der Waals surface area (Å²) in [5.41, 5.74) is 1.30. The molecule has 0 amide bonds. The standard InChI is InChI=1S/C17H10N4O3S/c22-16-14(10-11-6-8-13(9-7-11)21(23)24)25-17-18-15(19-20(16)17)12-4-2-1-3-5-12/h1-10H/b14-10-. The smallest absolute Gasteiger partial charge is 0.266 e. The number of nitro groups is 1. The van der Waals surface area contributed by atoms with Crippen molar-refractivity contribution in [2.75, 3.05) is 0 Å². The first-order chi connectivity index (χ1) is 12.1. The molecular weight excluding hydrogens is 340 g/mol. The lowest BCUT2D eigenvalue weighted by atomic mass is 10.2. The maximum Gasteiger partial charge on any atom is 0.291 e. The summed E-state index contributed by atoms with van der Waals surface area (Å²) < 4.78 is 1.76. The van der Waals surface area contributed by atoms with Crippen LogP contribution in [0.25, 0.3) is 22.4 Å². The molecule has 0 N–H and O–H groups in total. The molecule has 4 rings (SSSR count). The Morgan fingerprint density at radius 2 is 1.80 bits per heavy atom. The van der Waals surface area contributed by atoms with Crippen LogP contribution in [-0.4, -0.2) is 19.5 Å². The van der Waals surface area contributed by atoms with E-state index < -0.39 is 4.92 Å². The van der Waals surface area contributed by atoms with Gasteiger partial charge in [-0.05, 0) is 23.8 Å². The van der Waals surface area contributed by atoms with Crippen LogP contribution in [0, 0.1) is 10.1 Å². The first-order valence-corrected chi connectivity index (χ1v) is 8.15. The van der Waals surface area contributed by atoms with Crippen molar-refractivity contribution >= 4 is 28.1 Å². The summed E-state index contributed by atoms with van der Waals surface area (Å²) in [6.45, 7) is 0. The monoisotopic (exact) mass is 350 g/mol. The van der Waals surface area contributed by atoms with E-state index in [2.05, 4.69) is 10.1 Å². The second-order valence-corrected chi connectivity index (χ2v) is 6.27. The van der Waals surface area contributed by atoms with Gasteiger partial charge in [0.05, 0.1) is 9.46 Å². The Bertz CT molecular complexity index is 1180. The Kier molecular flexibility index (Phi) is 3.58. The molecule has 0 unspecified atom stereocenters. The summed E-state index contributed by atoms with van der Waals surface area (Å²) in [7, 11) is 0. The zero-order valence-corrected chi connectivity index (χ0v) is 13.5. The molecule has 0 saturated heterocycles. The molecule has 8 heteroatoms. The molecule has 2 heterocycles. The van der Waals surface area contributed by atoms with Crippen molar-refractivity contribution in [2.45, 2.75) is 0 Å². The van der Waals surface area contributed by atoms with Crippen molar-refractivity contribution in [3.8, 4) is 11.4 Å². The van der Waals surface area contributed by atoms with E-state index in [1.54, 1.807) is 18.2 Å². The van der Waals surface area contributed by atoms with E-state index in [1.807, 2.05) is 30.3 Å². The Labute approximate surface area is 144 Å². The van der Waals surface area contributed by atoms with Crippen molar-refractivity contribution in [2.24, 2.45) is 0 Å². The first-order valence-electron chi connectivity index (χ1n) is 7.33. The largest absolute Gasteiger partial charge is 0.291 e. The van der Waals surface area contributed by atoms with Crippen molar-refractivity contribution < 1.29 is 4.92 Å². The third-order valence-corrected chi connectivity index (χ3v) is 4.57. The van der Waals surface area contributed by atoms with Crippen LogP contribution in [0.15, 0.2) is 59.4 Å². The molecule has 0 bridgehead atoms. The lowest BCUT2D eigenvalue weighted by Gasteiger charge is -1.92. The second-order valence-electron chi connectivity index (χ2n) is 5.26. The first kappa shape index (κ1) is 15.2. The van der Waals surface area contributed by atoms with E-state index in [0.29, 0.717) is 20.9 Å². The quantitative estimate of drug-likeness (QED) is 0.418. The van der Waals surface area contributed by atoms with Crippen LogP contribution in [-0.2, 0) is 0 Å². The second kappa shape index (κ2) is 5.91. The number of hydrogen-bond acceptors (Lipinski definition) is 6. The van der Waals surface area contributed by atoms with Crippen molar-refractivity contribution in [3.05, 3.63) is 85.2 Å². The third kappa shape index (κ3) is 2.79. The van der Waals surface area contributed by atoms with E-state index >= 15 is 0 Å². The predicted molar refractivity (Wildman–Crippen MR) is 94.5 cm³/mol. The highest BCUT2D eigenvalue weighted by Crippen LogP contribution is 2.16. The van der Waals surface area contributed by atoms with Crippen molar-refractivity contribution in [3.63, 3.8) is 0 Å². The lowest BCUT2D eigenvalue weighted by Crippen LogP contribution is -2.23. The maximum atomic E-state index is 12.5. The van der Waals surface area contributed by atoms with Crippen molar-refractivity contribution in [1.29, 1.82) is 0 Å². The molecule has 0 spiro atoms. The summed E-state index contributed by atoms with van der Waals surface area (Å²) in [5.74, 6) is 0.505. The minimum atomic E-state index is -0.461.